The van der Waals surface area contributed by atoms with Crippen LogP contribution in [0.1, 0.15) is 31.9 Å². The van der Waals surface area contributed by atoms with E-state index < -0.39 is 28.5 Å². The lowest BCUT2D eigenvalue weighted by Crippen LogP contribution is -2.51. The van der Waals surface area contributed by atoms with Crippen LogP contribution in [0.25, 0.3) is 0 Å². The monoisotopic (exact) mass is 629 g/mol. The van der Waals surface area contributed by atoms with Crippen LogP contribution in [0.5, 0.6) is 5.75 Å². The minimum atomic E-state index is -4.11. The number of aryl methyl sites for hydroxylation is 1. The van der Waals surface area contributed by atoms with Crippen LogP contribution in [-0.4, -0.2) is 51.4 Å². The quantitative estimate of drug-likeness (QED) is 0.299. The van der Waals surface area contributed by atoms with Gasteiger partial charge in [-0.05, 0) is 73.9 Å². The summed E-state index contributed by atoms with van der Waals surface area (Å²) in [6, 6.07) is 19.5. The molecule has 0 saturated carbocycles. The summed E-state index contributed by atoms with van der Waals surface area (Å²) >= 11 is 3.38. The SMILES string of the molecule is COc1cccc(CN(C(=O)CN(c2ccc(Br)cc2)S(=O)(=O)c2ccc(C)cc2)[C@H](C)C(=O)NCC(C)C)c1. The van der Waals surface area contributed by atoms with Gasteiger partial charge in [0.05, 0.1) is 17.7 Å². The van der Waals surface area contributed by atoms with E-state index in [4.69, 9.17) is 4.74 Å². The highest BCUT2D eigenvalue weighted by atomic mass is 79.9. The van der Waals surface area contributed by atoms with E-state index >= 15 is 0 Å². The lowest BCUT2D eigenvalue weighted by Gasteiger charge is -2.32. The van der Waals surface area contributed by atoms with Gasteiger partial charge in [-0.2, -0.15) is 0 Å². The number of methoxy groups -OCH3 is 1. The highest BCUT2D eigenvalue weighted by Crippen LogP contribution is 2.26. The van der Waals surface area contributed by atoms with Crippen molar-refractivity contribution in [2.45, 2.75) is 45.2 Å². The molecular weight excluding hydrogens is 594 g/mol. The number of carbonyl (C=O) groups excluding carboxylic acids is 2. The van der Waals surface area contributed by atoms with Crippen LogP contribution in [0.4, 0.5) is 5.69 Å². The number of sulfonamides is 1. The lowest BCUT2D eigenvalue weighted by atomic mass is 10.1. The van der Waals surface area contributed by atoms with Crippen LogP contribution in [-0.2, 0) is 26.2 Å². The highest BCUT2D eigenvalue weighted by molar-refractivity contribution is 9.10. The van der Waals surface area contributed by atoms with E-state index in [1.807, 2.05) is 26.8 Å². The maximum atomic E-state index is 14.0. The van der Waals surface area contributed by atoms with E-state index in [-0.39, 0.29) is 23.3 Å². The van der Waals surface area contributed by atoms with Crippen molar-refractivity contribution in [3.8, 4) is 5.75 Å². The van der Waals surface area contributed by atoms with E-state index in [1.165, 1.54) is 17.0 Å². The second-order valence-electron chi connectivity index (χ2n) is 9.99. The fourth-order valence-electron chi connectivity index (χ4n) is 3.98. The van der Waals surface area contributed by atoms with E-state index in [0.717, 1.165) is 19.9 Å². The summed E-state index contributed by atoms with van der Waals surface area (Å²) in [6.45, 7) is 7.53. The van der Waals surface area contributed by atoms with Crippen molar-refractivity contribution in [2.24, 2.45) is 5.92 Å². The number of hydrogen-bond acceptors (Lipinski definition) is 5. The third kappa shape index (κ3) is 8.08. The first-order valence-electron chi connectivity index (χ1n) is 13.0. The van der Waals surface area contributed by atoms with Crippen LogP contribution < -0.4 is 14.4 Å². The van der Waals surface area contributed by atoms with Gasteiger partial charge in [-0.25, -0.2) is 8.42 Å². The molecule has 0 aliphatic carbocycles. The Kier molecular flexibility index (Phi) is 10.8. The molecule has 0 bridgehead atoms. The molecule has 214 valence electrons. The Morgan fingerprint density at radius 3 is 2.23 bits per heavy atom. The third-order valence-electron chi connectivity index (χ3n) is 6.34. The number of anilines is 1. The summed E-state index contributed by atoms with van der Waals surface area (Å²) in [4.78, 5) is 28.5. The van der Waals surface area contributed by atoms with Crippen LogP contribution in [0.3, 0.4) is 0 Å². The molecule has 8 nitrogen and oxygen atoms in total. The molecule has 10 heteroatoms. The fraction of sp³-hybridized carbons (Fsp3) is 0.333. The first-order chi connectivity index (χ1) is 18.9. The average Bonchev–Trinajstić information content (AvgIpc) is 2.93. The first-order valence-corrected chi connectivity index (χ1v) is 15.2. The second-order valence-corrected chi connectivity index (χ2v) is 12.8. The summed E-state index contributed by atoms with van der Waals surface area (Å²) in [5.74, 6) is 0.00151. The molecule has 1 N–H and O–H groups in total. The molecule has 0 fully saturated rings. The summed E-state index contributed by atoms with van der Waals surface area (Å²) in [5.41, 5.74) is 1.99. The van der Waals surface area contributed by atoms with Crippen molar-refractivity contribution >= 4 is 43.5 Å². The number of hydrogen-bond donors (Lipinski definition) is 1. The molecule has 0 heterocycles. The van der Waals surface area contributed by atoms with Crippen molar-refractivity contribution in [1.82, 2.24) is 10.2 Å². The number of amides is 2. The van der Waals surface area contributed by atoms with E-state index in [9.17, 15) is 18.0 Å². The summed E-state index contributed by atoms with van der Waals surface area (Å²) in [5, 5.41) is 2.88. The van der Waals surface area contributed by atoms with Gasteiger partial charge in [-0.15, -0.1) is 0 Å². The van der Waals surface area contributed by atoms with E-state index in [0.29, 0.717) is 18.0 Å². The van der Waals surface area contributed by atoms with Gasteiger partial charge < -0.3 is 15.0 Å². The molecule has 0 aliphatic rings. The van der Waals surface area contributed by atoms with E-state index in [2.05, 4.69) is 21.2 Å². The van der Waals surface area contributed by atoms with Gasteiger partial charge in [0.2, 0.25) is 11.8 Å². The number of rotatable bonds is 12. The summed E-state index contributed by atoms with van der Waals surface area (Å²) in [6.07, 6.45) is 0. The van der Waals surface area contributed by atoms with Crippen LogP contribution in [0.2, 0.25) is 0 Å². The van der Waals surface area contributed by atoms with Crippen molar-refractivity contribution in [3.05, 3.63) is 88.4 Å². The van der Waals surface area contributed by atoms with Crippen molar-refractivity contribution in [1.29, 1.82) is 0 Å². The molecule has 1 atom stereocenters. The molecule has 0 aliphatic heterocycles. The molecule has 0 unspecified atom stereocenters. The molecule has 3 aromatic carbocycles. The zero-order valence-electron chi connectivity index (χ0n) is 23.4. The molecule has 0 aromatic heterocycles. The highest BCUT2D eigenvalue weighted by Gasteiger charge is 2.32. The molecule has 0 radical (unpaired) electrons. The standard InChI is InChI=1S/C30H36BrN3O5S/c1-21(2)18-32-30(36)23(4)33(19-24-7-6-8-27(17-24)39-5)29(35)20-34(26-13-11-25(31)12-14-26)40(37,38)28-15-9-22(3)10-16-28/h6-17,21,23H,18-20H2,1-5H3,(H,32,36)/t23-/m1/s1. The summed E-state index contributed by atoms with van der Waals surface area (Å²) < 4.78 is 34.9. The number of ether oxygens (including phenoxy) is 1. The Morgan fingerprint density at radius 2 is 1.62 bits per heavy atom. The molecule has 3 rings (SSSR count). The van der Waals surface area contributed by atoms with Gasteiger partial charge in [-0.3, -0.25) is 13.9 Å². The van der Waals surface area contributed by atoms with Crippen LogP contribution >= 0.6 is 15.9 Å². The zero-order chi connectivity index (χ0) is 29.4. The predicted octanol–water partition coefficient (Wildman–Crippen LogP) is 5.15. The maximum Gasteiger partial charge on any atom is 0.264 e. The van der Waals surface area contributed by atoms with Gasteiger partial charge in [0, 0.05) is 17.6 Å². The Hall–Kier alpha value is -3.37. The Labute approximate surface area is 245 Å². The third-order valence-corrected chi connectivity index (χ3v) is 8.66. The van der Waals surface area contributed by atoms with Gasteiger partial charge in [0.1, 0.15) is 18.3 Å². The lowest BCUT2D eigenvalue weighted by molar-refractivity contribution is -0.139. The smallest absolute Gasteiger partial charge is 0.264 e. The van der Waals surface area contributed by atoms with E-state index in [1.54, 1.807) is 68.6 Å². The van der Waals surface area contributed by atoms with Gasteiger partial charge >= 0.3 is 0 Å². The fourth-order valence-corrected chi connectivity index (χ4v) is 5.65. The minimum Gasteiger partial charge on any atom is -0.497 e. The van der Waals surface area contributed by atoms with Gasteiger partial charge in [-0.1, -0.05) is 59.6 Å². The molecule has 40 heavy (non-hydrogen) atoms. The largest absolute Gasteiger partial charge is 0.497 e. The topological polar surface area (TPSA) is 96.0 Å². The van der Waals surface area contributed by atoms with Gasteiger partial charge in [0.15, 0.2) is 0 Å². The van der Waals surface area contributed by atoms with Crippen molar-refractivity contribution in [2.75, 3.05) is 24.5 Å². The summed E-state index contributed by atoms with van der Waals surface area (Å²) in [7, 11) is -2.56. The number of carbonyl (C=O) groups is 2. The predicted molar refractivity (Wildman–Crippen MR) is 161 cm³/mol. The first kappa shape index (κ1) is 31.2. The number of halogens is 1. The van der Waals surface area contributed by atoms with Crippen molar-refractivity contribution in [3.63, 3.8) is 0 Å². The number of benzene rings is 3. The van der Waals surface area contributed by atoms with Gasteiger partial charge in [0.25, 0.3) is 10.0 Å². The molecule has 0 saturated heterocycles. The number of nitrogens with one attached hydrogen (secondary N) is 1. The van der Waals surface area contributed by atoms with Crippen LogP contribution in [0, 0.1) is 12.8 Å². The average molecular weight is 631 g/mol. The Bertz CT molecular complexity index is 1410. The molecule has 0 spiro atoms. The maximum absolute atomic E-state index is 14.0. The Morgan fingerprint density at radius 1 is 0.975 bits per heavy atom. The zero-order valence-corrected chi connectivity index (χ0v) is 25.8. The van der Waals surface area contributed by atoms with Crippen LogP contribution in [0.15, 0.2) is 82.2 Å². The molecule has 3 aromatic rings. The minimum absolute atomic E-state index is 0.0656. The molecule has 2 amide bonds. The second kappa shape index (κ2) is 13.8. The Balaban J connectivity index is 2.01. The number of nitrogens with zero attached hydrogens (tertiary/aromatic N) is 2. The normalized spacial score (nSPS) is 12.1. The molecular formula is C30H36BrN3O5S. The van der Waals surface area contributed by atoms with Crippen molar-refractivity contribution < 1.29 is 22.7 Å².